The van der Waals surface area contributed by atoms with Crippen LogP contribution in [0.3, 0.4) is 0 Å². The summed E-state index contributed by atoms with van der Waals surface area (Å²) in [6.45, 7) is 6.68. The molecule has 1 amide bonds. The lowest BCUT2D eigenvalue weighted by molar-refractivity contribution is -0.135. The first-order valence-electron chi connectivity index (χ1n) is 8.83. The smallest absolute Gasteiger partial charge is 0.246 e. The van der Waals surface area contributed by atoms with Crippen molar-refractivity contribution in [1.29, 1.82) is 0 Å². The molecule has 8 nitrogen and oxygen atoms in total. The lowest BCUT2D eigenvalue weighted by Gasteiger charge is -2.34. The van der Waals surface area contributed by atoms with Gasteiger partial charge in [-0.3, -0.25) is 9.78 Å². The predicted octanol–water partition coefficient (Wildman–Crippen LogP) is 1.34. The molecule has 27 heavy (non-hydrogen) atoms. The highest BCUT2D eigenvalue weighted by atomic mass is 32.2. The number of aromatic nitrogens is 3. The predicted molar refractivity (Wildman–Crippen MR) is 100 cm³/mol. The Morgan fingerprint density at radius 2 is 1.74 bits per heavy atom. The molecule has 0 radical (unpaired) electrons. The van der Waals surface area contributed by atoms with E-state index in [0.717, 1.165) is 5.56 Å². The third-order valence-electron chi connectivity index (χ3n) is 4.53. The van der Waals surface area contributed by atoms with E-state index >= 15 is 0 Å². The molecule has 0 aromatic carbocycles. The molecule has 2 aromatic heterocycles. The summed E-state index contributed by atoms with van der Waals surface area (Å²) < 4.78 is 27.4. The number of carbonyl (C=O) groups is 1. The molecule has 0 bridgehead atoms. The Morgan fingerprint density at radius 3 is 2.30 bits per heavy atom. The van der Waals surface area contributed by atoms with Gasteiger partial charge in [0.15, 0.2) is 5.82 Å². The number of aryl methyl sites for hydroxylation is 1. The molecule has 0 aliphatic carbocycles. The van der Waals surface area contributed by atoms with Crippen LogP contribution in [-0.4, -0.2) is 64.7 Å². The number of pyridine rings is 1. The van der Waals surface area contributed by atoms with Crippen LogP contribution in [0.2, 0.25) is 0 Å². The molecular formula is C18H23N5O3S. The number of nitrogens with zero attached hydrogens (tertiary/aromatic N) is 5. The highest BCUT2D eigenvalue weighted by Gasteiger charge is 2.32. The quantitative estimate of drug-likeness (QED) is 0.783. The number of amides is 1. The first-order chi connectivity index (χ1) is 12.8. The zero-order valence-corrected chi connectivity index (χ0v) is 16.5. The Labute approximate surface area is 159 Å². The maximum absolute atomic E-state index is 13.0. The summed E-state index contributed by atoms with van der Waals surface area (Å²) in [7, 11) is -3.70. The van der Waals surface area contributed by atoms with E-state index in [1.807, 2.05) is 13.8 Å². The van der Waals surface area contributed by atoms with E-state index in [2.05, 4.69) is 15.0 Å². The van der Waals surface area contributed by atoms with Gasteiger partial charge in [0.2, 0.25) is 15.9 Å². The fraction of sp³-hybridized carbons (Fsp3) is 0.444. The number of rotatable bonds is 4. The lowest BCUT2D eigenvalue weighted by Crippen LogP contribution is -2.51. The van der Waals surface area contributed by atoms with Crippen molar-refractivity contribution in [3.8, 4) is 11.4 Å². The van der Waals surface area contributed by atoms with E-state index < -0.39 is 10.0 Å². The van der Waals surface area contributed by atoms with Crippen molar-refractivity contribution >= 4 is 15.9 Å². The lowest BCUT2D eigenvalue weighted by atomic mass is 10.2. The Balaban J connectivity index is 1.79. The largest absolute Gasteiger partial charge is 0.340 e. The van der Waals surface area contributed by atoms with Crippen LogP contribution < -0.4 is 0 Å². The number of carbonyl (C=O) groups excluding carboxylic acids is 1. The average Bonchev–Trinajstić information content (AvgIpc) is 2.67. The summed E-state index contributed by atoms with van der Waals surface area (Å²) >= 11 is 0. The number of piperazine rings is 1. The van der Waals surface area contributed by atoms with Gasteiger partial charge in [0.1, 0.15) is 4.90 Å². The van der Waals surface area contributed by atoms with E-state index in [1.165, 1.54) is 10.5 Å². The second-order valence-electron chi connectivity index (χ2n) is 6.76. The standard InChI is InChI=1S/C18H23N5O3S/c1-13(2)18(24)22-8-10-23(11-9-22)27(25,26)16-12-20-17(21-14(16)3)15-4-6-19-7-5-15/h4-7,12-13H,8-11H2,1-3H3. The van der Waals surface area contributed by atoms with Crippen molar-refractivity contribution in [3.63, 3.8) is 0 Å². The van der Waals surface area contributed by atoms with Gasteiger partial charge in [0, 0.05) is 50.1 Å². The van der Waals surface area contributed by atoms with Gasteiger partial charge in [-0.1, -0.05) is 13.8 Å². The molecule has 1 aliphatic rings. The highest BCUT2D eigenvalue weighted by Crippen LogP contribution is 2.22. The molecule has 9 heteroatoms. The summed E-state index contributed by atoms with van der Waals surface area (Å²) in [4.78, 5) is 26.4. The molecule has 144 valence electrons. The molecule has 1 aliphatic heterocycles. The van der Waals surface area contributed by atoms with Crippen LogP contribution in [0.25, 0.3) is 11.4 Å². The van der Waals surface area contributed by atoms with Crippen molar-refractivity contribution in [3.05, 3.63) is 36.4 Å². The van der Waals surface area contributed by atoms with Crippen molar-refractivity contribution < 1.29 is 13.2 Å². The average molecular weight is 389 g/mol. The fourth-order valence-corrected chi connectivity index (χ4v) is 4.53. The monoisotopic (exact) mass is 389 g/mol. The van der Waals surface area contributed by atoms with Crippen molar-refractivity contribution in [2.75, 3.05) is 26.2 Å². The number of hydrogen-bond donors (Lipinski definition) is 0. The molecule has 3 rings (SSSR count). The van der Waals surface area contributed by atoms with E-state index in [-0.39, 0.29) is 29.8 Å². The molecule has 0 N–H and O–H groups in total. The van der Waals surface area contributed by atoms with Gasteiger partial charge in [-0.05, 0) is 19.1 Å². The van der Waals surface area contributed by atoms with Crippen LogP contribution >= 0.6 is 0 Å². The second kappa shape index (κ2) is 7.69. The van der Waals surface area contributed by atoms with Crippen LogP contribution in [-0.2, 0) is 14.8 Å². The maximum atomic E-state index is 13.0. The third-order valence-corrected chi connectivity index (χ3v) is 6.54. The van der Waals surface area contributed by atoms with Crippen molar-refractivity contribution in [2.45, 2.75) is 25.7 Å². The Morgan fingerprint density at radius 1 is 1.11 bits per heavy atom. The van der Waals surface area contributed by atoms with E-state index in [9.17, 15) is 13.2 Å². The van der Waals surface area contributed by atoms with Crippen LogP contribution in [0.4, 0.5) is 0 Å². The van der Waals surface area contributed by atoms with Crippen LogP contribution in [0.1, 0.15) is 19.5 Å². The zero-order valence-electron chi connectivity index (χ0n) is 15.7. The van der Waals surface area contributed by atoms with E-state index in [1.54, 1.807) is 36.4 Å². The molecule has 0 saturated carbocycles. The van der Waals surface area contributed by atoms with Gasteiger partial charge in [0.25, 0.3) is 0 Å². The summed E-state index contributed by atoms with van der Waals surface area (Å²) in [5.74, 6) is 0.416. The highest BCUT2D eigenvalue weighted by molar-refractivity contribution is 7.89. The first-order valence-corrected chi connectivity index (χ1v) is 10.3. The third kappa shape index (κ3) is 3.98. The molecule has 2 aromatic rings. The summed E-state index contributed by atoms with van der Waals surface area (Å²) in [6, 6.07) is 3.54. The van der Waals surface area contributed by atoms with Gasteiger partial charge < -0.3 is 4.90 Å². The molecular weight excluding hydrogens is 366 g/mol. The summed E-state index contributed by atoms with van der Waals surface area (Å²) in [6.07, 6.45) is 4.63. The minimum Gasteiger partial charge on any atom is -0.340 e. The van der Waals surface area contributed by atoms with Crippen molar-refractivity contribution in [2.24, 2.45) is 5.92 Å². The molecule has 0 unspecified atom stereocenters. The van der Waals surface area contributed by atoms with Crippen molar-refractivity contribution in [1.82, 2.24) is 24.2 Å². The molecule has 1 saturated heterocycles. The van der Waals surface area contributed by atoms with Gasteiger partial charge in [-0.2, -0.15) is 4.31 Å². The van der Waals surface area contributed by atoms with Gasteiger partial charge in [-0.25, -0.2) is 18.4 Å². The van der Waals surface area contributed by atoms with Crippen LogP contribution in [0, 0.1) is 12.8 Å². The minimum absolute atomic E-state index is 0.0493. The summed E-state index contributed by atoms with van der Waals surface area (Å²) in [5.41, 5.74) is 1.18. The summed E-state index contributed by atoms with van der Waals surface area (Å²) in [5, 5.41) is 0. The van der Waals surface area contributed by atoms with Gasteiger partial charge in [-0.15, -0.1) is 0 Å². The van der Waals surface area contributed by atoms with E-state index in [0.29, 0.717) is 24.6 Å². The first kappa shape index (κ1) is 19.4. The van der Waals surface area contributed by atoms with Gasteiger partial charge >= 0.3 is 0 Å². The number of hydrogen-bond acceptors (Lipinski definition) is 6. The molecule has 0 atom stereocenters. The Kier molecular flexibility index (Phi) is 5.52. The topological polar surface area (TPSA) is 96.4 Å². The maximum Gasteiger partial charge on any atom is 0.246 e. The second-order valence-corrected chi connectivity index (χ2v) is 8.67. The van der Waals surface area contributed by atoms with Crippen LogP contribution in [0.15, 0.2) is 35.6 Å². The zero-order chi connectivity index (χ0) is 19.6. The molecule has 0 spiro atoms. The normalized spacial score (nSPS) is 15.9. The minimum atomic E-state index is -3.70. The fourth-order valence-electron chi connectivity index (χ4n) is 3.00. The Hall–Kier alpha value is -2.39. The van der Waals surface area contributed by atoms with Gasteiger partial charge in [0.05, 0.1) is 11.9 Å². The molecule has 1 fully saturated rings. The number of sulfonamides is 1. The SMILES string of the molecule is Cc1nc(-c2ccncc2)ncc1S(=O)(=O)N1CCN(C(=O)C(C)C)CC1. The molecule has 3 heterocycles. The van der Waals surface area contributed by atoms with E-state index in [4.69, 9.17) is 0 Å². The van der Waals surface area contributed by atoms with Crippen LogP contribution in [0.5, 0.6) is 0 Å². The Bertz CT molecular complexity index is 923.